The van der Waals surface area contributed by atoms with Crippen LogP contribution in [0.3, 0.4) is 0 Å². The average molecular weight is 855 g/mol. The van der Waals surface area contributed by atoms with Crippen LogP contribution in [0.2, 0.25) is 0 Å². The van der Waals surface area contributed by atoms with Gasteiger partial charge in [-0.05, 0) is 134 Å². The molecule has 1 aromatic heterocycles. The van der Waals surface area contributed by atoms with E-state index in [1.54, 1.807) is 0 Å². The van der Waals surface area contributed by atoms with Crippen LogP contribution in [0.15, 0.2) is 17.2 Å². The van der Waals surface area contributed by atoms with Crippen molar-refractivity contribution in [3.8, 4) is 0 Å². The number of carboxylic acid groups (broad SMARTS) is 1. The van der Waals surface area contributed by atoms with Gasteiger partial charge in [-0.15, -0.1) is 0 Å². The fourth-order valence-corrected chi connectivity index (χ4v) is 15.0. The molecule has 6 saturated carbocycles. The second-order valence-electron chi connectivity index (χ2n) is 22.6. The summed E-state index contributed by atoms with van der Waals surface area (Å²) in [5, 5.41) is 21.3. The number of fused-ring (bicyclic) bond motifs is 7. The number of ether oxygens (including phenoxy) is 1. The number of carbonyl (C=O) groups excluding carboxylic acids is 4. The first-order valence-corrected chi connectivity index (χ1v) is 22.7. The van der Waals surface area contributed by atoms with E-state index in [0.717, 1.165) is 56.1 Å². The van der Waals surface area contributed by atoms with Crippen LogP contribution in [-0.2, 0) is 30.1 Å². The number of ketones is 1. The van der Waals surface area contributed by atoms with Crippen molar-refractivity contribution in [2.45, 2.75) is 169 Å². The number of allylic oxidation sites excluding steroid dienone is 1. The monoisotopic (exact) mass is 854 g/mol. The van der Waals surface area contributed by atoms with Crippen molar-refractivity contribution in [1.29, 1.82) is 0 Å². The number of hydrogen-bond donors (Lipinski definition) is 4. The van der Waals surface area contributed by atoms with Crippen molar-refractivity contribution in [2.24, 2.45) is 62.6 Å². The number of H-pyrrole nitrogens is 1. The number of halogens is 3. The maximum absolute atomic E-state index is 14.6. The summed E-state index contributed by atoms with van der Waals surface area (Å²) >= 11 is 0. The number of Topliss-reactive ketones (excluding diaryl/α,β-unsaturated/α-hetero) is 1. The van der Waals surface area contributed by atoms with Crippen LogP contribution in [0.4, 0.5) is 13.2 Å². The minimum atomic E-state index is -4.71. The standard InChI is InChI=1S/C47H65F3N4O7/c1-24(2)34-29(55)23-46(52-39(60)45(15-10-16-45)51-36(56)28-22-32(54-53-28)47(48,49)50)20-19-43(8)25(35(34)46)11-12-31-42(7)17-14-33(41(5,6)30(42)13-18-44(31,43)9)61-38(59)27-21-26(37(57)58)40(27,3)4/h22,24-27,30-31,33H,10-21,23H2,1-9H3,(H,51,56)(H,52,60)(H,53,54)(H,57,58)/t25-,26-,27+,30+,31-,33+,42+,43-,44-,46-/m1/s1. The Morgan fingerprint density at radius 3 is 2.11 bits per heavy atom. The van der Waals surface area contributed by atoms with Gasteiger partial charge in [0.25, 0.3) is 5.91 Å². The van der Waals surface area contributed by atoms with Gasteiger partial charge >= 0.3 is 18.1 Å². The number of aromatic nitrogens is 2. The second-order valence-corrected chi connectivity index (χ2v) is 22.6. The van der Waals surface area contributed by atoms with Crippen LogP contribution in [0.25, 0.3) is 0 Å². The first kappa shape index (κ1) is 43.9. The highest BCUT2D eigenvalue weighted by atomic mass is 19.4. The van der Waals surface area contributed by atoms with Crippen molar-refractivity contribution >= 4 is 29.5 Å². The van der Waals surface area contributed by atoms with Crippen LogP contribution in [0, 0.1) is 62.6 Å². The van der Waals surface area contributed by atoms with Gasteiger partial charge in [0.15, 0.2) is 11.5 Å². The summed E-state index contributed by atoms with van der Waals surface area (Å²) in [6, 6.07) is 0.647. The van der Waals surface area contributed by atoms with Gasteiger partial charge in [-0.25, -0.2) is 0 Å². The Labute approximate surface area is 356 Å². The van der Waals surface area contributed by atoms with Crippen LogP contribution in [0.5, 0.6) is 0 Å². The van der Waals surface area contributed by atoms with Gasteiger partial charge in [0.05, 0.1) is 17.4 Å². The Hall–Kier alpha value is -3.71. The third kappa shape index (κ3) is 6.22. The molecule has 4 N–H and O–H groups in total. The Bertz CT molecular complexity index is 2090. The van der Waals surface area contributed by atoms with Crippen molar-refractivity contribution in [3.63, 3.8) is 0 Å². The molecule has 1 aromatic rings. The fourth-order valence-electron chi connectivity index (χ4n) is 15.0. The van der Waals surface area contributed by atoms with Crippen LogP contribution < -0.4 is 10.6 Å². The fraction of sp³-hybridized carbons (Fsp3) is 0.787. The first-order valence-electron chi connectivity index (χ1n) is 22.7. The number of nitrogens with zero attached hydrogens (tertiary/aromatic N) is 1. The predicted octanol–water partition coefficient (Wildman–Crippen LogP) is 8.59. The molecular weight excluding hydrogens is 790 g/mol. The van der Waals surface area contributed by atoms with E-state index >= 15 is 0 Å². The van der Waals surface area contributed by atoms with Gasteiger partial charge in [0, 0.05) is 17.9 Å². The lowest BCUT2D eigenvalue weighted by Gasteiger charge is -2.72. The summed E-state index contributed by atoms with van der Waals surface area (Å²) in [6.45, 7) is 19.6. The number of esters is 1. The van der Waals surface area contributed by atoms with Crippen LogP contribution in [0.1, 0.15) is 162 Å². The van der Waals surface area contributed by atoms with E-state index in [9.17, 15) is 42.3 Å². The molecule has 8 rings (SSSR count). The molecule has 0 bridgehead atoms. The van der Waals surface area contributed by atoms with Gasteiger partial charge in [0.1, 0.15) is 17.3 Å². The quantitative estimate of drug-likeness (QED) is 0.189. The Morgan fingerprint density at radius 2 is 1.54 bits per heavy atom. The number of nitrogens with one attached hydrogen (secondary N) is 3. The normalized spacial score (nSPS) is 39.4. The molecule has 10 atom stereocenters. The summed E-state index contributed by atoms with van der Waals surface area (Å²) in [5.41, 5.74) is -3.29. The summed E-state index contributed by atoms with van der Waals surface area (Å²) in [4.78, 5) is 67.5. The van der Waals surface area contributed by atoms with Gasteiger partial charge in [-0.3, -0.25) is 29.1 Å². The Balaban J connectivity index is 1.04. The summed E-state index contributed by atoms with van der Waals surface area (Å²) in [5.74, 6) is -2.74. The van der Waals surface area contributed by atoms with E-state index in [0.29, 0.717) is 50.0 Å². The molecule has 2 amide bonds. The molecule has 0 unspecified atom stereocenters. The highest BCUT2D eigenvalue weighted by Crippen LogP contribution is 2.76. The highest BCUT2D eigenvalue weighted by molar-refractivity contribution is 6.04. The average Bonchev–Trinajstić information content (AvgIpc) is 3.74. The highest BCUT2D eigenvalue weighted by Gasteiger charge is 2.71. The third-order valence-corrected chi connectivity index (χ3v) is 18.9. The zero-order valence-electron chi connectivity index (χ0n) is 37.3. The molecule has 7 aliphatic carbocycles. The maximum atomic E-state index is 14.6. The maximum Gasteiger partial charge on any atom is 0.432 e. The van der Waals surface area contributed by atoms with Crippen molar-refractivity contribution < 1.29 is 47.0 Å². The van der Waals surface area contributed by atoms with E-state index in [1.165, 1.54) is 0 Å². The molecule has 0 spiro atoms. The number of aromatic amines is 1. The molecule has 14 heteroatoms. The van der Waals surface area contributed by atoms with E-state index in [2.05, 4.69) is 50.4 Å². The van der Waals surface area contributed by atoms with Gasteiger partial charge in [-0.2, -0.15) is 18.3 Å². The molecule has 11 nitrogen and oxygen atoms in total. The van der Waals surface area contributed by atoms with Crippen molar-refractivity contribution in [3.05, 3.63) is 28.6 Å². The molecule has 0 aromatic carbocycles. The molecule has 0 radical (unpaired) electrons. The molecule has 7 aliphatic rings. The van der Waals surface area contributed by atoms with Crippen molar-refractivity contribution in [1.82, 2.24) is 20.8 Å². The topological polar surface area (TPSA) is 168 Å². The molecular formula is C47H65F3N4O7. The minimum absolute atomic E-state index is 0.0364. The number of rotatable bonds is 8. The number of carbonyl (C=O) groups is 5. The summed E-state index contributed by atoms with van der Waals surface area (Å²) in [7, 11) is 0. The van der Waals surface area contributed by atoms with Crippen LogP contribution in [-0.4, -0.2) is 62.0 Å². The van der Waals surface area contributed by atoms with E-state index < -0.39 is 63.7 Å². The molecule has 61 heavy (non-hydrogen) atoms. The molecule has 0 aliphatic heterocycles. The SMILES string of the molecule is CC(C)C1=C2[C@H]3CC[C@@H]4[C@@]5(C)CC[C@H](OC(=O)[C@@H]6C[C@H](C(=O)O)C6(C)C)C(C)(C)[C@@H]5CC[C@@]4(C)[C@]3(C)CC[C@@]2(NC(=O)C2(NC(=O)c3cc(C(F)(F)F)[nH]n3)CCC2)CC1=O. The largest absolute Gasteiger partial charge is 0.481 e. The van der Waals surface area contributed by atoms with E-state index in [-0.39, 0.29) is 57.8 Å². The number of hydrogen-bond acceptors (Lipinski definition) is 7. The van der Waals surface area contributed by atoms with Gasteiger partial charge < -0.3 is 20.5 Å². The molecule has 0 saturated heterocycles. The number of amides is 2. The summed E-state index contributed by atoms with van der Waals surface area (Å²) in [6.07, 6.45) is 3.52. The zero-order chi connectivity index (χ0) is 44.7. The molecule has 6 fully saturated rings. The Morgan fingerprint density at radius 1 is 0.852 bits per heavy atom. The lowest BCUT2D eigenvalue weighted by Crippen LogP contribution is -2.70. The molecule has 1 heterocycles. The predicted molar refractivity (Wildman–Crippen MR) is 218 cm³/mol. The lowest BCUT2D eigenvalue weighted by atomic mass is 9.33. The molecule has 336 valence electrons. The second kappa shape index (κ2) is 13.9. The Kier molecular flexibility index (Phi) is 10.0. The number of aliphatic carboxylic acids is 1. The third-order valence-electron chi connectivity index (χ3n) is 18.9. The van der Waals surface area contributed by atoms with E-state index in [1.807, 2.05) is 32.8 Å². The van der Waals surface area contributed by atoms with Crippen molar-refractivity contribution in [2.75, 3.05) is 0 Å². The minimum Gasteiger partial charge on any atom is -0.481 e. The summed E-state index contributed by atoms with van der Waals surface area (Å²) < 4.78 is 46.3. The van der Waals surface area contributed by atoms with Gasteiger partial charge in [-0.1, -0.05) is 62.3 Å². The first-order chi connectivity index (χ1) is 28.2. The number of alkyl halides is 3. The van der Waals surface area contributed by atoms with E-state index in [4.69, 9.17) is 4.74 Å². The smallest absolute Gasteiger partial charge is 0.432 e. The lowest BCUT2D eigenvalue weighted by molar-refractivity contribution is -0.235. The van der Waals surface area contributed by atoms with Gasteiger partial charge in [0.2, 0.25) is 5.91 Å². The zero-order valence-corrected chi connectivity index (χ0v) is 37.3. The van der Waals surface area contributed by atoms with Crippen LogP contribution >= 0.6 is 0 Å². The number of carboxylic acids is 1.